The van der Waals surface area contributed by atoms with Crippen molar-refractivity contribution >= 4 is 11.9 Å². The number of amides is 1. The molecule has 1 saturated heterocycles. The molecule has 1 aromatic carbocycles. The van der Waals surface area contributed by atoms with Crippen LogP contribution in [0.5, 0.6) is 5.75 Å². The van der Waals surface area contributed by atoms with Gasteiger partial charge in [-0.05, 0) is 30.2 Å². The highest BCUT2D eigenvalue weighted by atomic mass is 19.4. The summed E-state index contributed by atoms with van der Waals surface area (Å²) in [6.07, 6.45) is -4.66. The van der Waals surface area contributed by atoms with E-state index in [4.69, 9.17) is 9.84 Å². The zero-order valence-corrected chi connectivity index (χ0v) is 13.9. The largest absolute Gasteiger partial charge is 0.493 e. The Morgan fingerprint density at radius 2 is 1.84 bits per heavy atom. The zero-order valence-electron chi connectivity index (χ0n) is 13.9. The Kier molecular flexibility index (Phi) is 5.59. The van der Waals surface area contributed by atoms with E-state index in [2.05, 4.69) is 0 Å². The molecule has 0 saturated carbocycles. The average Bonchev–Trinajstić information content (AvgIpc) is 2.98. The van der Waals surface area contributed by atoms with Crippen molar-refractivity contribution in [3.05, 3.63) is 29.8 Å². The first-order valence-corrected chi connectivity index (χ1v) is 7.91. The summed E-state index contributed by atoms with van der Waals surface area (Å²) < 4.78 is 44.5. The number of hydrogen-bond donors (Lipinski definition) is 1. The summed E-state index contributed by atoms with van der Waals surface area (Å²) in [4.78, 5) is 24.4. The molecule has 1 fully saturated rings. The van der Waals surface area contributed by atoms with Crippen LogP contribution < -0.4 is 4.74 Å². The molecule has 138 valence electrons. The number of benzene rings is 1. The van der Waals surface area contributed by atoms with E-state index in [9.17, 15) is 22.8 Å². The number of ether oxygens (including phenoxy) is 1. The van der Waals surface area contributed by atoms with Gasteiger partial charge < -0.3 is 14.7 Å². The van der Waals surface area contributed by atoms with Gasteiger partial charge in [0.05, 0.1) is 18.4 Å². The Balaban J connectivity index is 2.09. The van der Waals surface area contributed by atoms with Gasteiger partial charge in [0.15, 0.2) is 0 Å². The van der Waals surface area contributed by atoms with Crippen LogP contribution in [0, 0.1) is 17.8 Å². The minimum Gasteiger partial charge on any atom is -0.493 e. The number of carbonyl (C=O) groups is 2. The maximum absolute atomic E-state index is 13.0. The molecule has 1 aliphatic rings. The molecular weight excluding hydrogens is 339 g/mol. The second kappa shape index (κ2) is 7.33. The summed E-state index contributed by atoms with van der Waals surface area (Å²) in [5.41, 5.74) is 0.198. The van der Waals surface area contributed by atoms with Gasteiger partial charge in [0.25, 0.3) is 5.91 Å². The molecule has 1 amide bonds. The highest BCUT2D eigenvalue weighted by molar-refractivity contribution is 5.95. The van der Waals surface area contributed by atoms with E-state index >= 15 is 0 Å². The first-order chi connectivity index (χ1) is 11.6. The number of hydrogen-bond acceptors (Lipinski definition) is 3. The van der Waals surface area contributed by atoms with Crippen molar-refractivity contribution in [1.29, 1.82) is 0 Å². The molecule has 5 nitrogen and oxygen atoms in total. The second-order valence-electron chi connectivity index (χ2n) is 6.53. The maximum atomic E-state index is 13.0. The van der Waals surface area contributed by atoms with E-state index < -0.39 is 43.0 Å². The highest BCUT2D eigenvalue weighted by Gasteiger charge is 2.53. The number of likely N-dealkylation sites (tertiary alicyclic amines) is 1. The van der Waals surface area contributed by atoms with Gasteiger partial charge in [-0.3, -0.25) is 9.59 Å². The van der Waals surface area contributed by atoms with E-state index in [1.807, 2.05) is 13.8 Å². The highest BCUT2D eigenvalue weighted by Crippen LogP contribution is 2.38. The molecule has 1 aliphatic heterocycles. The average molecular weight is 359 g/mol. The van der Waals surface area contributed by atoms with E-state index in [0.29, 0.717) is 18.3 Å². The number of rotatable bonds is 5. The normalized spacial score (nSPS) is 20.8. The summed E-state index contributed by atoms with van der Waals surface area (Å²) in [6, 6.07) is 6.08. The van der Waals surface area contributed by atoms with Crippen molar-refractivity contribution in [2.45, 2.75) is 20.0 Å². The van der Waals surface area contributed by atoms with Crippen LogP contribution in [-0.2, 0) is 4.79 Å². The van der Waals surface area contributed by atoms with Gasteiger partial charge in [-0.2, -0.15) is 13.2 Å². The maximum Gasteiger partial charge on any atom is 0.394 e. The van der Waals surface area contributed by atoms with Gasteiger partial charge in [0.2, 0.25) is 0 Å². The SMILES string of the molecule is CC(C)COc1ccc(C(=O)N2C[C@@H](C(F)(F)F)[C@H](C(=O)O)C2)cc1. The smallest absolute Gasteiger partial charge is 0.394 e. The first kappa shape index (κ1) is 19.1. The standard InChI is InChI=1S/C17H20F3NO4/c1-10(2)9-25-12-5-3-11(4-6-12)15(22)21-7-13(16(23)24)14(8-21)17(18,19)20/h3-6,10,13-14H,7-9H2,1-2H3,(H,23,24)/t13-,14-/m1/s1. The van der Waals surface area contributed by atoms with Gasteiger partial charge in [0, 0.05) is 18.7 Å². The molecule has 0 bridgehead atoms. The van der Waals surface area contributed by atoms with E-state index in [1.165, 1.54) is 12.1 Å². The van der Waals surface area contributed by atoms with Crippen LogP contribution in [0.1, 0.15) is 24.2 Å². The topological polar surface area (TPSA) is 66.8 Å². The minimum atomic E-state index is -4.66. The monoisotopic (exact) mass is 359 g/mol. The molecule has 0 aromatic heterocycles. The van der Waals surface area contributed by atoms with Crippen molar-refractivity contribution in [1.82, 2.24) is 4.90 Å². The zero-order chi connectivity index (χ0) is 18.8. The Hall–Kier alpha value is -2.25. The fraction of sp³-hybridized carbons (Fsp3) is 0.529. The van der Waals surface area contributed by atoms with Gasteiger partial charge >= 0.3 is 12.1 Å². The summed E-state index contributed by atoms with van der Waals surface area (Å²) >= 11 is 0. The fourth-order valence-corrected chi connectivity index (χ4v) is 2.69. The number of nitrogens with zero attached hydrogens (tertiary/aromatic N) is 1. The summed E-state index contributed by atoms with van der Waals surface area (Å²) in [6.45, 7) is 3.38. The first-order valence-electron chi connectivity index (χ1n) is 7.91. The van der Waals surface area contributed by atoms with Crippen LogP contribution in [0.3, 0.4) is 0 Å². The van der Waals surface area contributed by atoms with Crippen molar-refractivity contribution < 1.29 is 32.6 Å². The number of carboxylic acids is 1. The van der Waals surface area contributed by atoms with Crippen molar-refractivity contribution in [3.63, 3.8) is 0 Å². The fourth-order valence-electron chi connectivity index (χ4n) is 2.69. The number of aliphatic carboxylic acids is 1. The molecule has 2 atom stereocenters. The Morgan fingerprint density at radius 3 is 2.28 bits per heavy atom. The van der Waals surface area contributed by atoms with Crippen LogP contribution in [0.4, 0.5) is 13.2 Å². The number of alkyl halides is 3. The third-order valence-corrected chi connectivity index (χ3v) is 4.03. The third kappa shape index (κ3) is 4.64. The van der Waals surface area contributed by atoms with E-state index in [-0.39, 0.29) is 5.56 Å². The predicted molar refractivity (Wildman–Crippen MR) is 83.3 cm³/mol. The molecule has 0 aliphatic carbocycles. The summed E-state index contributed by atoms with van der Waals surface area (Å²) in [5, 5.41) is 9.00. The molecule has 8 heteroatoms. The number of carbonyl (C=O) groups excluding carboxylic acids is 1. The quantitative estimate of drug-likeness (QED) is 0.877. The number of halogens is 3. The molecule has 1 N–H and O–H groups in total. The van der Waals surface area contributed by atoms with Crippen molar-refractivity contribution in [2.24, 2.45) is 17.8 Å². The van der Waals surface area contributed by atoms with Gasteiger partial charge in [-0.25, -0.2) is 0 Å². The van der Waals surface area contributed by atoms with Crippen LogP contribution in [-0.4, -0.2) is 47.8 Å². The van der Waals surface area contributed by atoms with Gasteiger partial charge in [-0.1, -0.05) is 13.8 Å². The molecular formula is C17H20F3NO4. The minimum absolute atomic E-state index is 0.198. The van der Waals surface area contributed by atoms with Crippen LogP contribution in [0.25, 0.3) is 0 Å². The summed E-state index contributed by atoms with van der Waals surface area (Å²) in [7, 11) is 0. The van der Waals surface area contributed by atoms with E-state index in [0.717, 1.165) is 4.90 Å². The van der Waals surface area contributed by atoms with Gasteiger partial charge in [0.1, 0.15) is 5.75 Å². The lowest BCUT2D eigenvalue weighted by atomic mass is 9.96. The van der Waals surface area contributed by atoms with E-state index in [1.54, 1.807) is 12.1 Å². The van der Waals surface area contributed by atoms with Crippen LogP contribution >= 0.6 is 0 Å². The van der Waals surface area contributed by atoms with Crippen LogP contribution in [0.15, 0.2) is 24.3 Å². The van der Waals surface area contributed by atoms with Crippen molar-refractivity contribution in [2.75, 3.05) is 19.7 Å². The molecule has 0 radical (unpaired) electrons. The molecule has 1 aromatic rings. The third-order valence-electron chi connectivity index (χ3n) is 4.03. The lowest BCUT2D eigenvalue weighted by Crippen LogP contribution is -2.34. The Morgan fingerprint density at radius 1 is 1.24 bits per heavy atom. The Labute approximate surface area is 143 Å². The van der Waals surface area contributed by atoms with Crippen LogP contribution in [0.2, 0.25) is 0 Å². The second-order valence-corrected chi connectivity index (χ2v) is 6.53. The lowest BCUT2D eigenvalue weighted by molar-refractivity contribution is -0.187. The molecule has 25 heavy (non-hydrogen) atoms. The lowest BCUT2D eigenvalue weighted by Gasteiger charge is -2.18. The molecule has 0 spiro atoms. The number of carboxylic acid groups (broad SMARTS) is 1. The summed E-state index contributed by atoms with van der Waals surface area (Å²) in [5.74, 6) is -4.97. The van der Waals surface area contributed by atoms with Crippen molar-refractivity contribution in [3.8, 4) is 5.75 Å². The molecule has 1 heterocycles. The Bertz CT molecular complexity index is 628. The predicted octanol–water partition coefficient (Wildman–Crippen LogP) is 3.06. The van der Waals surface area contributed by atoms with Gasteiger partial charge in [-0.15, -0.1) is 0 Å². The molecule has 2 rings (SSSR count). The molecule has 0 unspecified atom stereocenters.